The summed E-state index contributed by atoms with van der Waals surface area (Å²) in [7, 11) is 0. The summed E-state index contributed by atoms with van der Waals surface area (Å²) in [5.74, 6) is -1.83. The fraction of sp³-hybridized carbons (Fsp3) is 0.500. The van der Waals surface area contributed by atoms with Crippen molar-refractivity contribution in [3.63, 3.8) is 0 Å². The van der Waals surface area contributed by atoms with Gasteiger partial charge in [-0.25, -0.2) is 4.39 Å². The lowest BCUT2D eigenvalue weighted by atomic mass is 10.1. The van der Waals surface area contributed by atoms with E-state index in [1.807, 2.05) is 13.8 Å². The summed E-state index contributed by atoms with van der Waals surface area (Å²) in [6.45, 7) is 4.61. The molecule has 3 N–H and O–H groups in total. The van der Waals surface area contributed by atoms with E-state index in [-0.39, 0.29) is 60.4 Å². The van der Waals surface area contributed by atoms with Crippen LogP contribution in [0.4, 0.5) is 4.39 Å². The zero-order chi connectivity index (χ0) is 20.1. The molecule has 3 amide bonds. The maximum Gasteiger partial charge on any atom is 0.258 e. The van der Waals surface area contributed by atoms with Crippen molar-refractivity contribution in [3.8, 4) is 0 Å². The molecule has 1 aliphatic rings. The first kappa shape index (κ1) is 24.1. The van der Waals surface area contributed by atoms with E-state index in [4.69, 9.17) is 17.3 Å². The third kappa shape index (κ3) is 5.80. The van der Waals surface area contributed by atoms with E-state index in [0.717, 1.165) is 0 Å². The molecule has 1 atom stereocenters. The van der Waals surface area contributed by atoms with Gasteiger partial charge in [0, 0.05) is 26.2 Å². The highest BCUT2D eigenvalue weighted by atomic mass is 35.5. The molecule has 0 unspecified atom stereocenters. The molecular weight excluding hydrogens is 410 g/mol. The SMILES string of the molecule is CC(C)[C@H](N)C(=O)NCC(=O)N1CCN(C(=O)c2c(F)cccc2Cl)CC1.Cl. The predicted molar refractivity (Wildman–Crippen MR) is 107 cm³/mol. The van der Waals surface area contributed by atoms with Gasteiger partial charge >= 0.3 is 0 Å². The van der Waals surface area contributed by atoms with Crippen LogP contribution >= 0.6 is 24.0 Å². The Balaban J connectivity index is 0.00000392. The van der Waals surface area contributed by atoms with Crippen molar-refractivity contribution in [2.45, 2.75) is 19.9 Å². The molecule has 7 nitrogen and oxygen atoms in total. The third-order valence-electron chi connectivity index (χ3n) is 4.53. The third-order valence-corrected chi connectivity index (χ3v) is 4.85. The van der Waals surface area contributed by atoms with Gasteiger partial charge in [0.1, 0.15) is 5.82 Å². The lowest BCUT2D eigenvalue weighted by molar-refractivity contribution is -0.134. The quantitative estimate of drug-likeness (QED) is 0.729. The van der Waals surface area contributed by atoms with E-state index in [2.05, 4.69) is 5.32 Å². The molecular formula is C18H25Cl2FN4O3. The van der Waals surface area contributed by atoms with Crippen LogP contribution in [0.25, 0.3) is 0 Å². The van der Waals surface area contributed by atoms with Gasteiger partial charge in [-0.05, 0) is 18.1 Å². The number of hydrogen-bond donors (Lipinski definition) is 2. The van der Waals surface area contributed by atoms with Crippen molar-refractivity contribution in [1.82, 2.24) is 15.1 Å². The fourth-order valence-electron chi connectivity index (χ4n) is 2.71. The summed E-state index contributed by atoms with van der Waals surface area (Å²) >= 11 is 5.94. The highest BCUT2D eigenvalue weighted by molar-refractivity contribution is 6.33. The van der Waals surface area contributed by atoms with Gasteiger partial charge in [0.05, 0.1) is 23.2 Å². The van der Waals surface area contributed by atoms with E-state index < -0.39 is 17.8 Å². The number of hydrogen-bond acceptors (Lipinski definition) is 4. The summed E-state index contributed by atoms with van der Waals surface area (Å²) in [6, 6.07) is 3.41. The van der Waals surface area contributed by atoms with Gasteiger partial charge in [0.15, 0.2) is 0 Å². The van der Waals surface area contributed by atoms with Gasteiger partial charge in [0.25, 0.3) is 5.91 Å². The van der Waals surface area contributed by atoms with E-state index in [1.165, 1.54) is 23.1 Å². The molecule has 0 bridgehead atoms. The number of piperazine rings is 1. The lowest BCUT2D eigenvalue weighted by Gasteiger charge is -2.35. The van der Waals surface area contributed by atoms with Crippen molar-refractivity contribution in [1.29, 1.82) is 0 Å². The van der Waals surface area contributed by atoms with Gasteiger partial charge < -0.3 is 20.9 Å². The smallest absolute Gasteiger partial charge is 0.258 e. The van der Waals surface area contributed by atoms with E-state index in [0.29, 0.717) is 13.1 Å². The second-order valence-electron chi connectivity index (χ2n) is 6.76. The number of nitrogens with two attached hydrogens (primary N) is 1. The molecule has 1 aromatic carbocycles. The van der Waals surface area contributed by atoms with Gasteiger partial charge in [-0.2, -0.15) is 0 Å². The van der Waals surface area contributed by atoms with Gasteiger partial charge in [-0.1, -0.05) is 31.5 Å². The van der Waals surface area contributed by atoms with Crippen LogP contribution in [0.15, 0.2) is 18.2 Å². The Labute approximate surface area is 174 Å². The summed E-state index contributed by atoms with van der Waals surface area (Å²) in [4.78, 5) is 39.6. The second-order valence-corrected chi connectivity index (χ2v) is 7.16. The molecule has 1 heterocycles. The van der Waals surface area contributed by atoms with E-state index in [9.17, 15) is 18.8 Å². The van der Waals surface area contributed by atoms with Crippen LogP contribution in [-0.2, 0) is 9.59 Å². The Kier molecular flexibility index (Phi) is 9.13. The molecule has 0 spiro atoms. The average molecular weight is 435 g/mol. The minimum absolute atomic E-state index is 0. The Bertz CT molecular complexity index is 705. The molecule has 2 rings (SSSR count). The minimum Gasteiger partial charge on any atom is -0.346 e. The molecule has 1 fully saturated rings. The Morgan fingerprint density at radius 1 is 1.18 bits per heavy atom. The monoisotopic (exact) mass is 434 g/mol. The van der Waals surface area contributed by atoms with E-state index >= 15 is 0 Å². The lowest BCUT2D eigenvalue weighted by Crippen LogP contribution is -2.54. The number of nitrogens with zero attached hydrogens (tertiary/aromatic N) is 2. The number of rotatable bonds is 5. The number of halogens is 3. The maximum absolute atomic E-state index is 13.9. The van der Waals surface area contributed by atoms with Crippen LogP contribution in [0.5, 0.6) is 0 Å². The van der Waals surface area contributed by atoms with E-state index in [1.54, 1.807) is 4.90 Å². The first-order chi connectivity index (χ1) is 12.7. The standard InChI is InChI=1S/C18H24ClFN4O3.ClH/c1-11(2)16(21)17(26)22-10-14(25)23-6-8-24(9-7-23)18(27)15-12(19)4-3-5-13(15)20;/h3-5,11,16H,6-10,21H2,1-2H3,(H,22,26);1H/t16-;/m0./s1. The Hall–Kier alpha value is -1.90. The minimum atomic E-state index is -0.671. The topological polar surface area (TPSA) is 95.7 Å². The molecule has 156 valence electrons. The maximum atomic E-state index is 13.9. The van der Waals surface area contributed by atoms with Crippen molar-refractivity contribution in [3.05, 3.63) is 34.6 Å². The van der Waals surface area contributed by atoms with Gasteiger partial charge in [0.2, 0.25) is 11.8 Å². The average Bonchev–Trinajstić information content (AvgIpc) is 2.64. The number of carbonyl (C=O) groups is 3. The normalized spacial score (nSPS) is 15.1. The molecule has 0 saturated carbocycles. The zero-order valence-electron chi connectivity index (χ0n) is 15.8. The second kappa shape index (κ2) is 10.6. The number of amides is 3. The molecule has 0 aliphatic carbocycles. The van der Waals surface area contributed by atoms with Crippen LogP contribution in [0, 0.1) is 11.7 Å². The van der Waals surface area contributed by atoms with Crippen LogP contribution < -0.4 is 11.1 Å². The number of nitrogens with one attached hydrogen (secondary N) is 1. The largest absolute Gasteiger partial charge is 0.346 e. The summed E-state index contributed by atoms with van der Waals surface area (Å²) in [5.41, 5.74) is 5.57. The van der Waals surface area contributed by atoms with Crippen molar-refractivity contribution >= 4 is 41.7 Å². The summed E-state index contributed by atoms with van der Waals surface area (Å²) < 4.78 is 13.9. The first-order valence-corrected chi connectivity index (χ1v) is 9.14. The molecule has 0 aromatic heterocycles. The van der Waals surface area contributed by atoms with Crippen LogP contribution in [0.2, 0.25) is 5.02 Å². The Morgan fingerprint density at radius 3 is 2.29 bits per heavy atom. The Morgan fingerprint density at radius 2 is 1.75 bits per heavy atom. The van der Waals surface area contributed by atoms with Crippen molar-refractivity contribution in [2.24, 2.45) is 11.7 Å². The highest BCUT2D eigenvalue weighted by Crippen LogP contribution is 2.21. The zero-order valence-corrected chi connectivity index (χ0v) is 17.4. The van der Waals surface area contributed by atoms with Crippen LogP contribution in [-0.4, -0.2) is 66.3 Å². The predicted octanol–water partition coefficient (Wildman–Crippen LogP) is 1.28. The summed E-state index contributed by atoms with van der Waals surface area (Å²) in [5, 5.41) is 2.59. The fourth-order valence-corrected chi connectivity index (χ4v) is 2.96. The number of carbonyl (C=O) groups excluding carboxylic acids is 3. The van der Waals surface area contributed by atoms with Crippen LogP contribution in [0.1, 0.15) is 24.2 Å². The van der Waals surface area contributed by atoms with Gasteiger partial charge in [-0.3, -0.25) is 14.4 Å². The molecule has 1 aromatic rings. The van der Waals surface area contributed by atoms with Gasteiger partial charge in [-0.15, -0.1) is 12.4 Å². The van der Waals surface area contributed by atoms with Crippen molar-refractivity contribution in [2.75, 3.05) is 32.7 Å². The molecule has 0 radical (unpaired) electrons. The molecule has 1 aliphatic heterocycles. The van der Waals surface area contributed by atoms with Crippen LogP contribution in [0.3, 0.4) is 0 Å². The molecule has 1 saturated heterocycles. The summed E-state index contributed by atoms with van der Waals surface area (Å²) in [6.07, 6.45) is 0. The molecule has 10 heteroatoms. The molecule has 28 heavy (non-hydrogen) atoms. The first-order valence-electron chi connectivity index (χ1n) is 8.76. The van der Waals surface area contributed by atoms with Crippen molar-refractivity contribution < 1.29 is 18.8 Å². The number of benzene rings is 1. The highest BCUT2D eigenvalue weighted by Gasteiger charge is 2.28.